The smallest absolute Gasteiger partial charge is 0.258 e. The molecule has 1 heterocycles. The number of H-pyrrole nitrogens is 1. The van der Waals surface area contributed by atoms with Crippen LogP contribution in [-0.4, -0.2) is 26.6 Å². The number of carbonyl (C=O) groups excluding carboxylic acids is 2. The third-order valence-corrected chi connectivity index (χ3v) is 4.86. The SMILES string of the molecule is Cc1cccc(C(=O)NCc2n[nH]c(=S)n2C(C)C)c1NC(=O)c1ccccc1F. The molecule has 0 saturated heterocycles. The summed E-state index contributed by atoms with van der Waals surface area (Å²) >= 11 is 5.22. The van der Waals surface area contributed by atoms with Crippen molar-refractivity contribution >= 4 is 29.7 Å². The van der Waals surface area contributed by atoms with E-state index >= 15 is 0 Å². The van der Waals surface area contributed by atoms with E-state index in [9.17, 15) is 14.0 Å². The van der Waals surface area contributed by atoms with Crippen molar-refractivity contribution in [2.24, 2.45) is 0 Å². The van der Waals surface area contributed by atoms with E-state index in [1.807, 2.05) is 18.4 Å². The first-order valence-electron chi connectivity index (χ1n) is 9.39. The van der Waals surface area contributed by atoms with Crippen molar-refractivity contribution in [3.63, 3.8) is 0 Å². The first kappa shape index (κ1) is 21.4. The maximum atomic E-state index is 14.0. The number of nitrogens with zero attached hydrogens (tertiary/aromatic N) is 2. The van der Waals surface area contributed by atoms with Gasteiger partial charge in [-0.2, -0.15) is 5.10 Å². The first-order chi connectivity index (χ1) is 14.3. The minimum absolute atomic E-state index is 0.0812. The van der Waals surface area contributed by atoms with Gasteiger partial charge in [0.05, 0.1) is 23.4 Å². The quantitative estimate of drug-likeness (QED) is 0.515. The topological polar surface area (TPSA) is 91.8 Å². The average Bonchev–Trinajstić information content (AvgIpc) is 3.08. The molecule has 0 atom stereocenters. The molecule has 0 spiro atoms. The van der Waals surface area contributed by atoms with Crippen molar-refractivity contribution in [3.05, 3.63) is 75.6 Å². The molecule has 0 unspecified atom stereocenters. The van der Waals surface area contributed by atoms with Gasteiger partial charge in [-0.1, -0.05) is 24.3 Å². The molecular weight excluding hydrogens is 405 g/mol. The lowest BCUT2D eigenvalue weighted by atomic mass is 10.1. The van der Waals surface area contributed by atoms with Crippen LogP contribution in [0.1, 0.15) is 52.0 Å². The molecule has 0 aliphatic carbocycles. The zero-order valence-electron chi connectivity index (χ0n) is 16.8. The number of carbonyl (C=O) groups is 2. The van der Waals surface area contributed by atoms with Crippen LogP contribution in [0.15, 0.2) is 42.5 Å². The van der Waals surface area contributed by atoms with Crippen LogP contribution >= 0.6 is 12.2 Å². The van der Waals surface area contributed by atoms with E-state index in [0.29, 0.717) is 21.8 Å². The number of hydrogen-bond acceptors (Lipinski definition) is 4. The number of para-hydroxylation sites is 1. The minimum atomic E-state index is -0.633. The first-order valence-corrected chi connectivity index (χ1v) is 9.80. The lowest BCUT2D eigenvalue weighted by molar-refractivity contribution is 0.0950. The average molecular weight is 428 g/mol. The van der Waals surface area contributed by atoms with E-state index in [4.69, 9.17) is 12.2 Å². The fraction of sp³-hybridized carbons (Fsp3) is 0.238. The Morgan fingerprint density at radius 1 is 1.13 bits per heavy atom. The van der Waals surface area contributed by atoms with Gasteiger partial charge in [-0.15, -0.1) is 0 Å². The molecule has 1 aromatic heterocycles. The van der Waals surface area contributed by atoms with Gasteiger partial charge >= 0.3 is 0 Å². The molecule has 0 radical (unpaired) electrons. The predicted octanol–water partition coefficient (Wildman–Crippen LogP) is 4.15. The van der Waals surface area contributed by atoms with Gasteiger partial charge < -0.3 is 15.2 Å². The summed E-state index contributed by atoms with van der Waals surface area (Å²) < 4.78 is 16.2. The molecule has 2 aromatic carbocycles. The van der Waals surface area contributed by atoms with E-state index in [1.165, 1.54) is 18.2 Å². The number of halogens is 1. The van der Waals surface area contributed by atoms with Crippen LogP contribution in [0.25, 0.3) is 0 Å². The van der Waals surface area contributed by atoms with Crippen molar-refractivity contribution in [1.29, 1.82) is 0 Å². The van der Waals surface area contributed by atoms with E-state index in [-0.39, 0.29) is 23.7 Å². The van der Waals surface area contributed by atoms with E-state index in [0.717, 1.165) is 0 Å². The van der Waals surface area contributed by atoms with Gasteiger partial charge in [-0.25, -0.2) is 4.39 Å². The van der Waals surface area contributed by atoms with Crippen LogP contribution in [0.2, 0.25) is 0 Å². The van der Waals surface area contributed by atoms with Gasteiger partial charge in [-0.05, 0) is 56.8 Å². The number of rotatable bonds is 6. The Morgan fingerprint density at radius 3 is 2.53 bits per heavy atom. The lowest BCUT2D eigenvalue weighted by Gasteiger charge is -2.15. The Kier molecular flexibility index (Phi) is 6.41. The molecule has 2 amide bonds. The van der Waals surface area contributed by atoms with Crippen LogP contribution < -0.4 is 10.6 Å². The van der Waals surface area contributed by atoms with Crippen molar-refractivity contribution in [3.8, 4) is 0 Å². The molecule has 9 heteroatoms. The highest BCUT2D eigenvalue weighted by Gasteiger charge is 2.19. The van der Waals surface area contributed by atoms with Gasteiger partial charge in [0.15, 0.2) is 10.6 Å². The second kappa shape index (κ2) is 9.00. The van der Waals surface area contributed by atoms with Gasteiger partial charge in [0.2, 0.25) is 0 Å². The van der Waals surface area contributed by atoms with Crippen LogP contribution in [0.5, 0.6) is 0 Å². The monoisotopic (exact) mass is 427 g/mol. The Balaban J connectivity index is 1.82. The Morgan fingerprint density at radius 2 is 1.83 bits per heavy atom. The standard InChI is InChI=1S/C21H22FN5O2S/c1-12(2)27-17(25-26-21(27)30)11-23-19(28)15-9-6-7-13(3)18(15)24-20(29)14-8-4-5-10-16(14)22/h4-10,12H,11H2,1-3H3,(H,23,28)(H,24,29)(H,26,30). The Labute approximate surface area is 178 Å². The summed E-state index contributed by atoms with van der Waals surface area (Å²) in [6.45, 7) is 5.84. The molecule has 3 N–H and O–H groups in total. The molecule has 30 heavy (non-hydrogen) atoms. The summed E-state index contributed by atoms with van der Waals surface area (Å²) in [5.41, 5.74) is 1.17. The van der Waals surface area contributed by atoms with Crippen molar-refractivity contribution in [1.82, 2.24) is 20.1 Å². The summed E-state index contributed by atoms with van der Waals surface area (Å²) in [5.74, 6) is -1.07. The number of aromatic amines is 1. The fourth-order valence-electron chi connectivity index (χ4n) is 3.10. The number of hydrogen-bond donors (Lipinski definition) is 3. The summed E-state index contributed by atoms with van der Waals surface area (Å²) in [6, 6.07) is 10.8. The van der Waals surface area contributed by atoms with E-state index in [1.54, 1.807) is 31.2 Å². The van der Waals surface area contributed by atoms with Crippen molar-refractivity contribution < 1.29 is 14.0 Å². The van der Waals surface area contributed by atoms with Gasteiger partial charge in [0.1, 0.15) is 5.82 Å². The zero-order chi connectivity index (χ0) is 21.8. The minimum Gasteiger partial charge on any atom is -0.345 e. The zero-order valence-corrected chi connectivity index (χ0v) is 17.6. The number of anilines is 1. The second-order valence-corrected chi connectivity index (χ2v) is 7.41. The number of benzene rings is 2. The maximum absolute atomic E-state index is 14.0. The van der Waals surface area contributed by atoms with Crippen LogP contribution in [-0.2, 0) is 6.54 Å². The molecule has 0 aliphatic rings. The number of amides is 2. The summed E-state index contributed by atoms with van der Waals surface area (Å²) in [7, 11) is 0. The van der Waals surface area contributed by atoms with Gasteiger partial charge in [-0.3, -0.25) is 14.7 Å². The summed E-state index contributed by atoms with van der Waals surface area (Å²) in [4.78, 5) is 25.4. The highest BCUT2D eigenvalue weighted by Crippen LogP contribution is 2.22. The number of aryl methyl sites for hydroxylation is 1. The largest absolute Gasteiger partial charge is 0.345 e. The molecule has 0 aliphatic heterocycles. The lowest BCUT2D eigenvalue weighted by Crippen LogP contribution is -2.27. The Bertz CT molecular complexity index is 1150. The highest BCUT2D eigenvalue weighted by molar-refractivity contribution is 7.71. The molecule has 3 aromatic rings. The van der Waals surface area contributed by atoms with Crippen LogP contribution in [0.4, 0.5) is 10.1 Å². The fourth-order valence-corrected chi connectivity index (χ4v) is 3.46. The molecular formula is C21H22FN5O2S. The summed E-state index contributed by atoms with van der Waals surface area (Å²) in [5, 5.41) is 12.4. The third-order valence-electron chi connectivity index (χ3n) is 4.58. The van der Waals surface area contributed by atoms with Gasteiger partial charge in [0, 0.05) is 6.04 Å². The maximum Gasteiger partial charge on any atom is 0.258 e. The molecule has 0 saturated carbocycles. The second-order valence-electron chi connectivity index (χ2n) is 7.02. The predicted molar refractivity (Wildman–Crippen MR) is 114 cm³/mol. The molecule has 0 fully saturated rings. The Hall–Kier alpha value is -3.33. The van der Waals surface area contributed by atoms with Crippen molar-refractivity contribution in [2.75, 3.05) is 5.32 Å². The molecule has 0 bridgehead atoms. The van der Waals surface area contributed by atoms with Crippen LogP contribution in [0, 0.1) is 17.5 Å². The number of nitrogens with one attached hydrogen (secondary N) is 3. The van der Waals surface area contributed by atoms with E-state index < -0.39 is 17.6 Å². The van der Waals surface area contributed by atoms with Gasteiger partial charge in [0.25, 0.3) is 11.8 Å². The highest BCUT2D eigenvalue weighted by atomic mass is 32.1. The molecule has 7 nitrogen and oxygen atoms in total. The number of aromatic nitrogens is 3. The van der Waals surface area contributed by atoms with E-state index in [2.05, 4.69) is 20.8 Å². The normalized spacial score (nSPS) is 10.8. The summed E-state index contributed by atoms with van der Waals surface area (Å²) in [6.07, 6.45) is 0. The molecule has 3 rings (SSSR count). The third kappa shape index (κ3) is 4.46. The van der Waals surface area contributed by atoms with Crippen molar-refractivity contribution in [2.45, 2.75) is 33.4 Å². The molecule has 156 valence electrons. The van der Waals surface area contributed by atoms with Crippen LogP contribution in [0.3, 0.4) is 0 Å².